The van der Waals surface area contributed by atoms with Gasteiger partial charge in [0.1, 0.15) is 0 Å². The van der Waals surface area contributed by atoms with Crippen LogP contribution >= 0.6 is 0 Å². The maximum Gasteiger partial charge on any atom is 0.329 e. The van der Waals surface area contributed by atoms with Gasteiger partial charge in [0.25, 0.3) is 0 Å². The Kier molecular flexibility index (Phi) is 5.88. The van der Waals surface area contributed by atoms with Crippen molar-refractivity contribution >= 4 is 22.3 Å². The van der Waals surface area contributed by atoms with Crippen LogP contribution in [0.3, 0.4) is 0 Å². The van der Waals surface area contributed by atoms with E-state index in [4.69, 9.17) is 0 Å². The molecular weight excluding hydrogens is 440 g/mol. The fourth-order valence-corrected chi connectivity index (χ4v) is 6.80. The maximum absolute atomic E-state index is 13.3. The number of amides is 2. The lowest BCUT2D eigenvalue weighted by molar-refractivity contribution is -0.138. The second-order valence-electron chi connectivity index (χ2n) is 9.35. The van der Waals surface area contributed by atoms with Gasteiger partial charge in [-0.25, -0.2) is 4.79 Å². The van der Waals surface area contributed by atoms with Gasteiger partial charge in [0.2, 0.25) is 5.91 Å². The van der Waals surface area contributed by atoms with Crippen LogP contribution in [0.4, 0.5) is 4.79 Å². The minimum absolute atomic E-state index is 0.0176. The number of nitrogens with zero attached hydrogens (tertiary/aromatic N) is 4. The van der Waals surface area contributed by atoms with Crippen LogP contribution in [-0.4, -0.2) is 67.4 Å². The van der Waals surface area contributed by atoms with E-state index in [9.17, 15) is 18.4 Å². The summed E-state index contributed by atoms with van der Waals surface area (Å²) < 4.78 is 29.4. The van der Waals surface area contributed by atoms with E-state index in [1.165, 1.54) is 4.31 Å². The summed E-state index contributed by atoms with van der Waals surface area (Å²) in [5.41, 5.74) is 2.02. The summed E-state index contributed by atoms with van der Waals surface area (Å²) in [6.07, 6.45) is 4.69. The quantitative estimate of drug-likeness (QED) is 0.643. The van der Waals surface area contributed by atoms with E-state index in [2.05, 4.69) is 0 Å². The molecule has 3 aliphatic heterocycles. The summed E-state index contributed by atoms with van der Waals surface area (Å²) in [7, 11) is -3.61. The first-order valence-corrected chi connectivity index (χ1v) is 13.1. The first kappa shape index (κ1) is 22.3. The molecule has 4 heterocycles. The predicted molar refractivity (Wildman–Crippen MR) is 123 cm³/mol. The zero-order chi connectivity index (χ0) is 23.2. The molecule has 0 N–H and O–H groups in total. The molecule has 0 radical (unpaired) electrons. The van der Waals surface area contributed by atoms with Crippen LogP contribution in [-0.2, 0) is 25.9 Å². The van der Waals surface area contributed by atoms with Crippen LogP contribution in [0.5, 0.6) is 0 Å². The molecule has 2 aromatic rings. The molecule has 1 aromatic carbocycles. The van der Waals surface area contributed by atoms with Gasteiger partial charge in [0.15, 0.2) is 15.3 Å². The van der Waals surface area contributed by atoms with Crippen molar-refractivity contribution in [3.8, 4) is 0 Å². The first-order chi connectivity index (χ1) is 15.8. The number of rotatable bonds is 4. The standard InChI is InChI=1S/C24H30N4O4S/c1-18-6-8-22(9-7-18)33(31,32)26-12-2-4-19(16-26)23(29)25-14-10-20(11-15-25)28-17-21-5-3-13-27(21)24(28)30/h3,5-9,13,19-20H,2,4,10-12,14-17H2,1H3. The summed E-state index contributed by atoms with van der Waals surface area (Å²) in [6, 6.07) is 10.9. The minimum atomic E-state index is -3.61. The predicted octanol–water partition coefficient (Wildman–Crippen LogP) is 2.89. The first-order valence-electron chi connectivity index (χ1n) is 11.7. The molecule has 33 heavy (non-hydrogen) atoms. The zero-order valence-corrected chi connectivity index (χ0v) is 19.7. The third-order valence-electron chi connectivity index (χ3n) is 7.23. The summed E-state index contributed by atoms with van der Waals surface area (Å²) in [5.74, 6) is -0.277. The number of carbonyl (C=O) groups excluding carboxylic acids is 2. The van der Waals surface area contributed by atoms with Gasteiger partial charge in [0.05, 0.1) is 19.0 Å². The molecule has 0 saturated carbocycles. The molecule has 5 rings (SSSR count). The van der Waals surface area contributed by atoms with Crippen molar-refractivity contribution in [3.05, 3.63) is 53.9 Å². The van der Waals surface area contributed by atoms with Crippen molar-refractivity contribution in [2.75, 3.05) is 26.2 Å². The number of piperidine rings is 2. The van der Waals surface area contributed by atoms with Gasteiger partial charge in [0, 0.05) is 37.6 Å². The summed E-state index contributed by atoms with van der Waals surface area (Å²) >= 11 is 0. The number of aromatic nitrogens is 1. The number of fused-ring (bicyclic) bond motifs is 1. The SMILES string of the molecule is Cc1ccc([S+](=O)([O-])N2CCCC(C(=O)N3CCC(N4Cc5cccn5C4=O)CC3)C2)cc1. The third-order valence-corrected chi connectivity index (χ3v) is 9.11. The Bertz CT molecular complexity index is 1090. The second kappa shape index (κ2) is 8.70. The lowest BCUT2D eigenvalue weighted by Crippen LogP contribution is -2.52. The lowest BCUT2D eigenvalue weighted by atomic mass is 9.96. The van der Waals surface area contributed by atoms with E-state index in [-0.39, 0.29) is 35.3 Å². The average Bonchev–Trinajstić information content (AvgIpc) is 3.42. The summed E-state index contributed by atoms with van der Waals surface area (Å²) in [4.78, 5) is 29.9. The van der Waals surface area contributed by atoms with Crippen LogP contribution in [0.15, 0.2) is 47.5 Å². The van der Waals surface area contributed by atoms with Crippen LogP contribution in [0, 0.1) is 12.8 Å². The molecule has 2 fully saturated rings. The van der Waals surface area contributed by atoms with Crippen LogP contribution in [0.1, 0.15) is 36.9 Å². The minimum Gasteiger partial charge on any atom is -0.593 e. The molecule has 3 aliphatic rings. The number of likely N-dealkylation sites (tertiary alicyclic amines) is 1. The molecule has 1 aromatic heterocycles. The highest BCUT2D eigenvalue weighted by molar-refractivity contribution is 7.95. The van der Waals surface area contributed by atoms with E-state index in [0.717, 1.165) is 24.1 Å². The molecule has 0 spiro atoms. The molecule has 9 heteroatoms. The van der Waals surface area contributed by atoms with Crippen molar-refractivity contribution in [1.82, 2.24) is 18.7 Å². The highest BCUT2D eigenvalue weighted by atomic mass is 32.3. The molecule has 2 saturated heterocycles. The fourth-order valence-electron chi connectivity index (χ4n) is 5.28. The van der Waals surface area contributed by atoms with Gasteiger partial charge in [-0.1, -0.05) is 21.9 Å². The lowest BCUT2D eigenvalue weighted by Gasteiger charge is -2.39. The second-order valence-corrected chi connectivity index (χ2v) is 11.3. The normalized spacial score (nSPS) is 24.1. The van der Waals surface area contributed by atoms with E-state index in [1.807, 2.05) is 28.9 Å². The number of sulfonamides is 1. The number of hydrogen-bond donors (Lipinski definition) is 0. The van der Waals surface area contributed by atoms with Gasteiger partial charge in [-0.05, 0) is 56.9 Å². The highest BCUT2D eigenvalue weighted by Gasteiger charge is 2.40. The number of aryl methyl sites for hydroxylation is 1. The molecule has 2 unspecified atom stereocenters. The van der Waals surface area contributed by atoms with Crippen molar-refractivity contribution in [3.63, 3.8) is 0 Å². The number of carbonyl (C=O) groups is 2. The van der Waals surface area contributed by atoms with E-state index < -0.39 is 10.4 Å². The van der Waals surface area contributed by atoms with Gasteiger partial charge in [-0.3, -0.25) is 9.36 Å². The Morgan fingerprint density at radius 1 is 1.06 bits per heavy atom. The largest absolute Gasteiger partial charge is 0.593 e. The van der Waals surface area contributed by atoms with Crippen LogP contribution in [0.2, 0.25) is 0 Å². The Hall–Kier alpha value is -2.49. The molecule has 2 amide bonds. The molecular formula is C24H30N4O4S. The molecule has 0 aliphatic carbocycles. The van der Waals surface area contributed by atoms with Crippen LogP contribution in [0.25, 0.3) is 0 Å². The van der Waals surface area contributed by atoms with E-state index in [1.54, 1.807) is 35.0 Å². The maximum atomic E-state index is 13.3. The fraction of sp³-hybridized carbons (Fsp3) is 0.500. The molecule has 8 nitrogen and oxygen atoms in total. The monoisotopic (exact) mass is 470 g/mol. The molecule has 0 bridgehead atoms. The zero-order valence-electron chi connectivity index (χ0n) is 18.9. The van der Waals surface area contributed by atoms with Gasteiger partial charge < -0.3 is 14.4 Å². The van der Waals surface area contributed by atoms with E-state index >= 15 is 0 Å². The van der Waals surface area contributed by atoms with Gasteiger partial charge >= 0.3 is 6.03 Å². The Morgan fingerprint density at radius 3 is 2.48 bits per heavy atom. The number of hydrogen-bond acceptors (Lipinski definition) is 4. The molecule has 2 atom stereocenters. The van der Waals surface area contributed by atoms with Crippen molar-refractivity contribution in [1.29, 1.82) is 0 Å². The Morgan fingerprint density at radius 2 is 1.79 bits per heavy atom. The Labute approximate surface area is 195 Å². The molecule has 176 valence electrons. The van der Waals surface area contributed by atoms with Crippen molar-refractivity contribution in [2.45, 2.75) is 50.1 Å². The van der Waals surface area contributed by atoms with Crippen molar-refractivity contribution < 1.29 is 18.4 Å². The average molecular weight is 471 g/mol. The summed E-state index contributed by atoms with van der Waals surface area (Å²) in [6.45, 7) is 4.42. The third kappa shape index (κ3) is 4.13. The summed E-state index contributed by atoms with van der Waals surface area (Å²) in [5, 5.41) is 0. The van der Waals surface area contributed by atoms with E-state index in [0.29, 0.717) is 39.0 Å². The van der Waals surface area contributed by atoms with Gasteiger partial charge in [-0.2, -0.15) is 0 Å². The number of benzene rings is 1. The Balaban J connectivity index is 1.19. The topological polar surface area (TPSA) is 88.9 Å². The van der Waals surface area contributed by atoms with Crippen LogP contribution < -0.4 is 0 Å². The van der Waals surface area contributed by atoms with Gasteiger partial charge in [-0.15, -0.1) is 4.31 Å². The smallest absolute Gasteiger partial charge is 0.329 e. The van der Waals surface area contributed by atoms with Crippen molar-refractivity contribution in [2.24, 2.45) is 5.92 Å². The highest BCUT2D eigenvalue weighted by Crippen LogP contribution is 2.30.